The van der Waals surface area contributed by atoms with Crippen LogP contribution in [0.15, 0.2) is 30.3 Å². The molecule has 1 aliphatic rings. The molecule has 1 aromatic rings. The molecule has 1 aliphatic heterocycles. The first-order valence-corrected chi connectivity index (χ1v) is 4.61. The van der Waals surface area contributed by atoms with Gasteiger partial charge >= 0.3 is 0 Å². The third-order valence-corrected chi connectivity index (χ3v) is 2.50. The molecule has 1 saturated heterocycles. The lowest BCUT2D eigenvalue weighted by molar-refractivity contribution is -0.129. The van der Waals surface area contributed by atoms with E-state index in [9.17, 15) is 4.79 Å². The van der Waals surface area contributed by atoms with Crippen molar-refractivity contribution in [1.29, 1.82) is 0 Å². The van der Waals surface area contributed by atoms with Crippen molar-refractivity contribution in [2.24, 2.45) is 0 Å². The first-order valence-electron chi connectivity index (χ1n) is 4.61. The lowest BCUT2D eigenvalue weighted by Crippen LogP contribution is -2.61. The number of hydrogen-bond donors (Lipinski definition) is 1. The second-order valence-corrected chi connectivity index (χ2v) is 3.53. The van der Waals surface area contributed by atoms with E-state index in [1.807, 2.05) is 25.1 Å². The van der Waals surface area contributed by atoms with Crippen molar-refractivity contribution in [2.75, 3.05) is 0 Å². The molecule has 1 aromatic carbocycles. The second kappa shape index (κ2) is 3.30. The zero-order valence-electron chi connectivity index (χ0n) is 7.66. The summed E-state index contributed by atoms with van der Waals surface area (Å²) < 4.78 is 0. The Morgan fingerprint density at radius 3 is 2.54 bits per heavy atom. The van der Waals surface area contributed by atoms with Gasteiger partial charge in [0.05, 0.1) is 12.1 Å². The Morgan fingerprint density at radius 1 is 1.31 bits per heavy atom. The van der Waals surface area contributed by atoms with E-state index in [0.717, 1.165) is 6.42 Å². The maximum atomic E-state index is 11.3. The Balaban J connectivity index is 1.97. The van der Waals surface area contributed by atoms with Gasteiger partial charge < -0.3 is 0 Å². The molecule has 0 aromatic heterocycles. The van der Waals surface area contributed by atoms with Crippen LogP contribution < -0.4 is 5.32 Å². The molecule has 1 heterocycles. The Labute approximate surface area is 78.0 Å². The molecule has 2 atom stereocenters. The molecule has 13 heavy (non-hydrogen) atoms. The number of nitrogens with one attached hydrogen (secondary N) is 1. The largest absolute Gasteiger partial charge is 0.298 e. The maximum Gasteiger partial charge on any atom is 0.166 e. The van der Waals surface area contributed by atoms with Gasteiger partial charge in [-0.1, -0.05) is 30.3 Å². The standard InChI is InChI=1S/C11H13NO/c1-8-11(13)10(12-8)7-9-5-3-2-4-6-9/h2-6,8,10,12H,7H2,1H3. The SMILES string of the molecule is CC1NC(Cc2ccccc2)C1=O. The number of hydrogen-bond acceptors (Lipinski definition) is 2. The molecule has 0 spiro atoms. The molecule has 0 radical (unpaired) electrons. The summed E-state index contributed by atoms with van der Waals surface area (Å²) in [4.78, 5) is 11.3. The van der Waals surface area contributed by atoms with Gasteiger partial charge in [-0.15, -0.1) is 0 Å². The van der Waals surface area contributed by atoms with Crippen LogP contribution in [-0.2, 0) is 11.2 Å². The van der Waals surface area contributed by atoms with Crippen LogP contribution in [-0.4, -0.2) is 17.9 Å². The highest BCUT2D eigenvalue weighted by atomic mass is 16.1. The van der Waals surface area contributed by atoms with Crippen molar-refractivity contribution in [3.63, 3.8) is 0 Å². The lowest BCUT2D eigenvalue weighted by atomic mass is 9.91. The molecule has 0 amide bonds. The first kappa shape index (κ1) is 8.45. The smallest absolute Gasteiger partial charge is 0.166 e. The summed E-state index contributed by atoms with van der Waals surface area (Å²) in [5, 5.41) is 3.19. The average Bonchev–Trinajstić information content (AvgIpc) is 2.19. The number of ketones is 1. The summed E-state index contributed by atoms with van der Waals surface area (Å²) in [6.07, 6.45) is 0.823. The molecule has 2 unspecified atom stereocenters. The summed E-state index contributed by atoms with van der Waals surface area (Å²) >= 11 is 0. The predicted octanol–water partition coefficient (Wildman–Crippen LogP) is 1.16. The van der Waals surface area contributed by atoms with E-state index in [4.69, 9.17) is 0 Å². The van der Waals surface area contributed by atoms with Crippen molar-refractivity contribution < 1.29 is 4.79 Å². The third-order valence-electron chi connectivity index (χ3n) is 2.50. The van der Waals surface area contributed by atoms with Crippen LogP contribution in [0, 0.1) is 0 Å². The quantitative estimate of drug-likeness (QED) is 0.730. The van der Waals surface area contributed by atoms with Gasteiger partial charge in [-0.05, 0) is 18.9 Å². The van der Waals surface area contributed by atoms with Crippen LogP contribution in [0.25, 0.3) is 0 Å². The van der Waals surface area contributed by atoms with Crippen molar-refractivity contribution in [3.8, 4) is 0 Å². The van der Waals surface area contributed by atoms with Gasteiger partial charge in [-0.25, -0.2) is 0 Å². The minimum Gasteiger partial charge on any atom is -0.298 e. The highest BCUT2D eigenvalue weighted by Crippen LogP contribution is 2.12. The Kier molecular flexibility index (Phi) is 2.15. The van der Waals surface area contributed by atoms with E-state index in [-0.39, 0.29) is 12.1 Å². The number of benzene rings is 1. The first-order chi connectivity index (χ1) is 6.27. The third kappa shape index (κ3) is 1.63. The van der Waals surface area contributed by atoms with E-state index >= 15 is 0 Å². The minimum absolute atomic E-state index is 0.0531. The van der Waals surface area contributed by atoms with E-state index in [1.165, 1.54) is 5.56 Å². The zero-order chi connectivity index (χ0) is 9.26. The number of rotatable bonds is 2. The summed E-state index contributed by atoms with van der Waals surface area (Å²) in [7, 11) is 0. The number of carbonyl (C=O) groups is 1. The van der Waals surface area contributed by atoms with Crippen molar-refractivity contribution in [3.05, 3.63) is 35.9 Å². The molecule has 0 aliphatic carbocycles. The molecule has 0 saturated carbocycles. The Morgan fingerprint density at radius 2 is 2.00 bits per heavy atom. The molecule has 2 heteroatoms. The van der Waals surface area contributed by atoms with Crippen LogP contribution in [0.2, 0.25) is 0 Å². The second-order valence-electron chi connectivity index (χ2n) is 3.53. The van der Waals surface area contributed by atoms with Crippen LogP contribution in [0.4, 0.5) is 0 Å². The van der Waals surface area contributed by atoms with Gasteiger partial charge in [0.25, 0.3) is 0 Å². The van der Waals surface area contributed by atoms with Crippen LogP contribution >= 0.6 is 0 Å². The van der Waals surface area contributed by atoms with Crippen molar-refractivity contribution in [1.82, 2.24) is 5.32 Å². The molecule has 2 rings (SSSR count). The molecule has 0 bridgehead atoms. The summed E-state index contributed by atoms with van der Waals surface area (Å²) in [6, 6.07) is 10.2. The number of Topliss-reactive ketones (excluding diaryl/α,β-unsaturated/α-hetero) is 1. The zero-order valence-corrected chi connectivity index (χ0v) is 7.66. The fourth-order valence-electron chi connectivity index (χ4n) is 1.68. The van der Waals surface area contributed by atoms with Crippen LogP contribution in [0.5, 0.6) is 0 Å². The molecule has 68 valence electrons. The highest BCUT2D eigenvalue weighted by Gasteiger charge is 2.34. The molecule has 1 N–H and O–H groups in total. The Hall–Kier alpha value is -1.15. The highest BCUT2D eigenvalue weighted by molar-refractivity contribution is 5.94. The fraction of sp³-hybridized carbons (Fsp3) is 0.364. The Bertz CT molecular complexity index is 307. The predicted molar refractivity (Wildman–Crippen MR) is 51.5 cm³/mol. The van der Waals surface area contributed by atoms with Gasteiger partial charge in [0.2, 0.25) is 0 Å². The van der Waals surface area contributed by atoms with E-state index in [0.29, 0.717) is 5.78 Å². The number of carbonyl (C=O) groups excluding carboxylic acids is 1. The fourth-order valence-corrected chi connectivity index (χ4v) is 1.68. The molecule has 1 fully saturated rings. The molecule has 2 nitrogen and oxygen atoms in total. The van der Waals surface area contributed by atoms with Gasteiger partial charge in [0, 0.05) is 0 Å². The van der Waals surface area contributed by atoms with Crippen molar-refractivity contribution >= 4 is 5.78 Å². The van der Waals surface area contributed by atoms with E-state index in [2.05, 4.69) is 17.4 Å². The van der Waals surface area contributed by atoms with E-state index < -0.39 is 0 Å². The van der Waals surface area contributed by atoms with Crippen molar-refractivity contribution in [2.45, 2.75) is 25.4 Å². The summed E-state index contributed by atoms with van der Waals surface area (Å²) in [5.41, 5.74) is 1.22. The van der Waals surface area contributed by atoms with Gasteiger partial charge in [0.1, 0.15) is 0 Å². The maximum absolute atomic E-state index is 11.3. The normalized spacial score (nSPS) is 27.0. The summed E-state index contributed by atoms with van der Waals surface area (Å²) in [6.45, 7) is 1.91. The molecular weight excluding hydrogens is 162 g/mol. The van der Waals surface area contributed by atoms with Crippen LogP contribution in [0.1, 0.15) is 12.5 Å². The average molecular weight is 175 g/mol. The van der Waals surface area contributed by atoms with Crippen LogP contribution in [0.3, 0.4) is 0 Å². The minimum atomic E-state index is 0.0531. The van der Waals surface area contributed by atoms with Gasteiger partial charge in [-0.3, -0.25) is 10.1 Å². The van der Waals surface area contributed by atoms with E-state index in [1.54, 1.807) is 0 Å². The lowest BCUT2D eigenvalue weighted by Gasteiger charge is -2.32. The van der Waals surface area contributed by atoms with Gasteiger partial charge in [-0.2, -0.15) is 0 Å². The topological polar surface area (TPSA) is 29.1 Å². The van der Waals surface area contributed by atoms with Gasteiger partial charge in [0.15, 0.2) is 5.78 Å². The monoisotopic (exact) mass is 175 g/mol. The summed E-state index contributed by atoms with van der Waals surface area (Å²) in [5.74, 6) is 0.337. The molecular formula is C11H13NO.